The van der Waals surface area contributed by atoms with Crippen LogP contribution in [0.1, 0.15) is 6.92 Å². The standard InChI is InChI=1S/C4H7N3OS/c1-4(8,9)7-3-2-5-6-7/h2-3,8-9H,1H3. The summed E-state index contributed by atoms with van der Waals surface area (Å²) in [5.74, 6) is 0. The summed E-state index contributed by atoms with van der Waals surface area (Å²) in [5.41, 5.74) is 0. The summed E-state index contributed by atoms with van der Waals surface area (Å²) in [6, 6.07) is 0. The van der Waals surface area contributed by atoms with Crippen molar-refractivity contribution >= 4 is 12.6 Å². The molecule has 0 saturated heterocycles. The Bertz CT molecular complexity index is 178. The van der Waals surface area contributed by atoms with Crippen LogP contribution in [0.5, 0.6) is 0 Å². The van der Waals surface area contributed by atoms with Gasteiger partial charge in [0.05, 0.1) is 6.20 Å². The third-order valence-electron chi connectivity index (χ3n) is 0.857. The van der Waals surface area contributed by atoms with Crippen molar-refractivity contribution in [3.63, 3.8) is 0 Å². The number of rotatable bonds is 1. The summed E-state index contributed by atoms with van der Waals surface area (Å²) in [5, 5.41) is 14.9. The van der Waals surface area contributed by atoms with Crippen molar-refractivity contribution in [2.24, 2.45) is 0 Å². The van der Waals surface area contributed by atoms with Gasteiger partial charge in [-0.3, -0.25) is 0 Å². The number of aromatic nitrogens is 3. The molecule has 1 unspecified atom stereocenters. The zero-order valence-electron chi connectivity index (χ0n) is 4.89. The molecular formula is C4H7N3OS. The van der Waals surface area contributed by atoms with Gasteiger partial charge in [-0.1, -0.05) is 5.21 Å². The SMILES string of the molecule is CC(O)(S)n1ccnn1. The normalized spacial score (nSPS) is 17.2. The Balaban J connectivity index is 2.90. The van der Waals surface area contributed by atoms with E-state index in [2.05, 4.69) is 22.9 Å². The van der Waals surface area contributed by atoms with Crippen LogP contribution in [0.2, 0.25) is 0 Å². The molecule has 5 heteroatoms. The molecular weight excluding hydrogens is 138 g/mol. The van der Waals surface area contributed by atoms with E-state index in [4.69, 9.17) is 5.11 Å². The molecule has 0 amide bonds. The summed E-state index contributed by atoms with van der Waals surface area (Å²) in [7, 11) is 0. The maximum atomic E-state index is 9.10. The molecule has 1 aromatic heterocycles. The van der Waals surface area contributed by atoms with Crippen LogP contribution >= 0.6 is 12.6 Å². The van der Waals surface area contributed by atoms with Crippen molar-refractivity contribution in [1.29, 1.82) is 0 Å². The quantitative estimate of drug-likeness (QED) is 0.426. The highest BCUT2D eigenvalue weighted by atomic mass is 32.1. The van der Waals surface area contributed by atoms with Crippen LogP contribution in [0, 0.1) is 0 Å². The summed E-state index contributed by atoms with van der Waals surface area (Å²) >= 11 is 3.83. The van der Waals surface area contributed by atoms with Crippen LogP contribution in [0.15, 0.2) is 12.4 Å². The average Bonchev–Trinajstić information content (AvgIpc) is 2.08. The highest BCUT2D eigenvalue weighted by Gasteiger charge is 2.15. The van der Waals surface area contributed by atoms with E-state index in [1.807, 2.05) is 0 Å². The third-order valence-corrected chi connectivity index (χ3v) is 1.06. The molecule has 0 aliphatic rings. The second-order valence-electron chi connectivity index (χ2n) is 1.82. The molecule has 1 aromatic rings. The van der Waals surface area contributed by atoms with Gasteiger partial charge in [-0.2, -0.15) is 0 Å². The Morgan fingerprint density at radius 1 is 1.78 bits per heavy atom. The predicted octanol–water partition coefficient (Wildman–Crippen LogP) is -0.170. The lowest BCUT2D eigenvalue weighted by Crippen LogP contribution is -2.22. The van der Waals surface area contributed by atoms with Gasteiger partial charge in [-0.05, 0) is 6.92 Å². The van der Waals surface area contributed by atoms with Gasteiger partial charge < -0.3 is 5.11 Å². The summed E-state index contributed by atoms with van der Waals surface area (Å²) in [6.07, 6.45) is 3.01. The lowest BCUT2D eigenvalue weighted by atomic mass is 10.6. The van der Waals surface area contributed by atoms with Crippen LogP contribution in [0.3, 0.4) is 0 Å². The molecule has 9 heavy (non-hydrogen) atoms. The fraction of sp³-hybridized carbons (Fsp3) is 0.500. The molecule has 0 radical (unpaired) electrons. The number of hydrogen-bond acceptors (Lipinski definition) is 4. The Morgan fingerprint density at radius 3 is 2.67 bits per heavy atom. The minimum absolute atomic E-state index is 1.24. The molecule has 0 saturated carbocycles. The monoisotopic (exact) mass is 145 g/mol. The third kappa shape index (κ3) is 1.43. The van der Waals surface area contributed by atoms with Crippen molar-refractivity contribution in [2.75, 3.05) is 0 Å². The van der Waals surface area contributed by atoms with E-state index in [-0.39, 0.29) is 0 Å². The molecule has 0 spiro atoms. The van der Waals surface area contributed by atoms with Crippen LogP contribution in [0.25, 0.3) is 0 Å². The predicted molar refractivity (Wildman–Crippen MR) is 34.9 cm³/mol. The first-order valence-corrected chi connectivity index (χ1v) is 2.87. The maximum absolute atomic E-state index is 9.10. The molecule has 0 aliphatic carbocycles. The minimum Gasteiger partial charge on any atom is -0.361 e. The molecule has 1 N–H and O–H groups in total. The summed E-state index contributed by atoms with van der Waals surface area (Å²) < 4.78 is 1.25. The number of nitrogens with zero attached hydrogens (tertiary/aromatic N) is 3. The first-order chi connectivity index (χ1) is 4.11. The topological polar surface area (TPSA) is 50.9 Å². The van der Waals surface area contributed by atoms with Gasteiger partial charge in [0, 0.05) is 6.20 Å². The average molecular weight is 145 g/mol. The van der Waals surface area contributed by atoms with Crippen molar-refractivity contribution in [1.82, 2.24) is 15.0 Å². The van der Waals surface area contributed by atoms with E-state index in [0.29, 0.717) is 0 Å². The maximum Gasteiger partial charge on any atom is 0.202 e. The number of thiol groups is 1. The highest BCUT2D eigenvalue weighted by Crippen LogP contribution is 2.12. The number of hydrogen-bond donors (Lipinski definition) is 2. The largest absolute Gasteiger partial charge is 0.361 e. The first kappa shape index (κ1) is 6.57. The van der Waals surface area contributed by atoms with E-state index in [1.54, 1.807) is 0 Å². The van der Waals surface area contributed by atoms with E-state index in [1.165, 1.54) is 24.0 Å². The van der Waals surface area contributed by atoms with Crippen molar-refractivity contribution in [3.8, 4) is 0 Å². The molecule has 1 heterocycles. The van der Waals surface area contributed by atoms with Crippen molar-refractivity contribution in [3.05, 3.63) is 12.4 Å². The van der Waals surface area contributed by atoms with E-state index in [9.17, 15) is 0 Å². The fourth-order valence-electron chi connectivity index (χ4n) is 0.434. The molecule has 0 bridgehead atoms. The van der Waals surface area contributed by atoms with Gasteiger partial charge in [0.2, 0.25) is 5.06 Å². The van der Waals surface area contributed by atoms with Gasteiger partial charge in [-0.25, -0.2) is 4.68 Å². The zero-order valence-corrected chi connectivity index (χ0v) is 5.79. The first-order valence-electron chi connectivity index (χ1n) is 2.42. The van der Waals surface area contributed by atoms with Crippen molar-refractivity contribution < 1.29 is 5.11 Å². The molecule has 0 fully saturated rings. The summed E-state index contributed by atoms with van der Waals surface area (Å²) in [6.45, 7) is 1.50. The second kappa shape index (κ2) is 2.00. The second-order valence-corrected chi connectivity index (χ2v) is 2.67. The molecule has 4 nitrogen and oxygen atoms in total. The van der Waals surface area contributed by atoms with E-state index < -0.39 is 5.06 Å². The van der Waals surface area contributed by atoms with Gasteiger partial charge >= 0.3 is 0 Å². The Labute approximate surface area is 57.9 Å². The zero-order chi connectivity index (χ0) is 6.91. The van der Waals surface area contributed by atoms with Gasteiger partial charge in [0.1, 0.15) is 0 Å². The highest BCUT2D eigenvalue weighted by molar-refractivity contribution is 7.80. The van der Waals surface area contributed by atoms with Crippen molar-refractivity contribution in [2.45, 2.75) is 12.0 Å². The Kier molecular flexibility index (Phi) is 1.46. The van der Waals surface area contributed by atoms with Crippen LogP contribution in [-0.2, 0) is 5.06 Å². The molecule has 0 aliphatic heterocycles. The smallest absolute Gasteiger partial charge is 0.202 e. The molecule has 1 atom stereocenters. The van der Waals surface area contributed by atoms with E-state index in [0.717, 1.165) is 0 Å². The van der Waals surface area contributed by atoms with E-state index >= 15 is 0 Å². The minimum atomic E-state index is -1.24. The van der Waals surface area contributed by atoms with Crippen LogP contribution in [-0.4, -0.2) is 20.1 Å². The van der Waals surface area contributed by atoms with Gasteiger partial charge in [0.25, 0.3) is 0 Å². The molecule has 50 valence electrons. The molecule has 0 aromatic carbocycles. The van der Waals surface area contributed by atoms with Gasteiger partial charge in [-0.15, -0.1) is 17.7 Å². The Hall–Kier alpha value is -0.550. The fourth-order valence-corrected chi connectivity index (χ4v) is 0.541. The summed E-state index contributed by atoms with van der Waals surface area (Å²) in [4.78, 5) is 0. The lowest BCUT2D eigenvalue weighted by Gasteiger charge is -2.14. The van der Waals surface area contributed by atoms with Crippen LogP contribution < -0.4 is 0 Å². The molecule has 1 rings (SSSR count). The van der Waals surface area contributed by atoms with Gasteiger partial charge in [0.15, 0.2) is 0 Å². The number of aliphatic hydroxyl groups is 1. The Morgan fingerprint density at radius 2 is 2.44 bits per heavy atom. The van der Waals surface area contributed by atoms with Crippen LogP contribution in [0.4, 0.5) is 0 Å². The lowest BCUT2D eigenvalue weighted by molar-refractivity contribution is 0.0695.